The minimum atomic E-state index is -0.739. The number of pyridine rings is 1. The summed E-state index contributed by atoms with van der Waals surface area (Å²) in [5, 5.41) is 2.84. The third-order valence-electron chi connectivity index (χ3n) is 3.73. The average Bonchev–Trinajstić information content (AvgIpc) is 2.50. The van der Waals surface area contributed by atoms with Gasteiger partial charge in [-0.2, -0.15) is 8.96 Å². The Balaban J connectivity index is 2.19. The predicted octanol–water partition coefficient (Wildman–Crippen LogP) is 2.46. The number of halogens is 1. The van der Waals surface area contributed by atoms with Crippen molar-refractivity contribution in [2.45, 2.75) is 27.3 Å². The molecular weight excluding hydrogens is 311 g/mol. The summed E-state index contributed by atoms with van der Waals surface area (Å²) >= 11 is 0. The van der Waals surface area contributed by atoms with Gasteiger partial charge in [-0.1, -0.05) is 18.2 Å². The topological polar surface area (TPSA) is 59.3 Å². The Bertz CT molecular complexity index is 760. The second-order valence-corrected chi connectivity index (χ2v) is 5.64. The van der Waals surface area contributed by atoms with Gasteiger partial charge in [-0.05, 0) is 31.9 Å². The molecule has 2 aromatic rings. The smallest absolute Gasteiger partial charge is 0.341 e. The number of hydrogen-bond donors (Lipinski definition) is 1. The van der Waals surface area contributed by atoms with Crippen LogP contribution >= 0.6 is 0 Å². The molecular formula is C18H20FN2O3+. The lowest BCUT2D eigenvalue weighted by atomic mass is 10.1. The summed E-state index contributed by atoms with van der Waals surface area (Å²) in [4.78, 5) is 23.8. The van der Waals surface area contributed by atoms with Gasteiger partial charge in [-0.15, -0.1) is 0 Å². The number of carbonyl (C=O) groups is 2. The number of nitrogens with zero attached hydrogens (tertiary/aromatic N) is 1. The van der Waals surface area contributed by atoms with E-state index < -0.39 is 11.8 Å². The van der Waals surface area contributed by atoms with E-state index in [2.05, 4.69) is 10.1 Å². The van der Waals surface area contributed by atoms with Crippen LogP contribution in [0.15, 0.2) is 30.6 Å². The van der Waals surface area contributed by atoms with Crippen molar-refractivity contribution >= 4 is 17.6 Å². The molecule has 0 aliphatic carbocycles. The van der Waals surface area contributed by atoms with E-state index in [0.29, 0.717) is 5.56 Å². The summed E-state index contributed by atoms with van der Waals surface area (Å²) in [6.07, 6.45) is 2.66. The number of aryl methyl sites for hydroxylation is 3. The molecule has 126 valence electrons. The van der Waals surface area contributed by atoms with Crippen molar-refractivity contribution in [1.29, 1.82) is 0 Å². The third-order valence-corrected chi connectivity index (χ3v) is 3.73. The van der Waals surface area contributed by atoms with Crippen LogP contribution in [0, 0.1) is 26.6 Å². The Hall–Kier alpha value is -2.76. The highest BCUT2D eigenvalue weighted by Crippen LogP contribution is 2.19. The number of esters is 1. The minimum Gasteiger partial charge on any atom is -0.465 e. The van der Waals surface area contributed by atoms with Gasteiger partial charge < -0.3 is 10.1 Å². The molecule has 24 heavy (non-hydrogen) atoms. The summed E-state index contributed by atoms with van der Waals surface area (Å²) in [6, 6.07) is 5.73. The molecule has 0 atom stereocenters. The molecule has 1 aromatic heterocycles. The monoisotopic (exact) mass is 331 g/mol. The number of ether oxygens (including phenoxy) is 1. The summed E-state index contributed by atoms with van der Waals surface area (Å²) in [6.45, 7) is 5.34. The number of amides is 1. The number of rotatable bonds is 4. The fraction of sp³-hybridized carbons (Fsp3) is 0.278. The van der Waals surface area contributed by atoms with Crippen molar-refractivity contribution in [3.63, 3.8) is 0 Å². The van der Waals surface area contributed by atoms with Crippen LogP contribution in [-0.4, -0.2) is 19.0 Å². The summed E-state index contributed by atoms with van der Waals surface area (Å²) in [7, 11) is 1.19. The maximum Gasteiger partial charge on any atom is 0.341 e. The van der Waals surface area contributed by atoms with E-state index in [9.17, 15) is 14.0 Å². The molecule has 0 spiro atoms. The Labute approximate surface area is 140 Å². The minimum absolute atomic E-state index is 0.0625. The van der Waals surface area contributed by atoms with Crippen LogP contribution in [0.5, 0.6) is 0 Å². The van der Waals surface area contributed by atoms with Gasteiger partial charge in [0.05, 0.1) is 7.11 Å². The normalized spacial score (nSPS) is 10.4. The molecule has 1 aromatic carbocycles. The van der Waals surface area contributed by atoms with Crippen molar-refractivity contribution in [3.8, 4) is 0 Å². The maximum atomic E-state index is 14.1. The van der Waals surface area contributed by atoms with E-state index in [1.165, 1.54) is 11.7 Å². The molecule has 5 nitrogen and oxygen atoms in total. The van der Waals surface area contributed by atoms with Crippen LogP contribution < -0.4 is 9.88 Å². The summed E-state index contributed by atoms with van der Waals surface area (Å²) < 4.78 is 20.1. The second kappa shape index (κ2) is 7.21. The second-order valence-electron chi connectivity index (χ2n) is 5.64. The molecule has 1 N–H and O–H groups in total. The molecule has 0 aliphatic rings. The van der Waals surface area contributed by atoms with Gasteiger partial charge in [0.2, 0.25) is 18.6 Å². The largest absolute Gasteiger partial charge is 0.465 e. The third kappa shape index (κ3) is 3.76. The van der Waals surface area contributed by atoms with Gasteiger partial charge in [-0.3, -0.25) is 4.79 Å². The van der Waals surface area contributed by atoms with Crippen LogP contribution in [0.25, 0.3) is 0 Å². The number of hydrogen-bond acceptors (Lipinski definition) is 3. The zero-order chi connectivity index (χ0) is 17.9. The lowest BCUT2D eigenvalue weighted by molar-refractivity contribution is -0.685. The van der Waals surface area contributed by atoms with E-state index >= 15 is 0 Å². The van der Waals surface area contributed by atoms with E-state index in [0.717, 1.165) is 23.0 Å². The number of methoxy groups -OCH3 is 1. The average molecular weight is 331 g/mol. The first-order chi connectivity index (χ1) is 11.3. The van der Waals surface area contributed by atoms with Crippen molar-refractivity contribution in [2.75, 3.05) is 12.4 Å². The van der Waals surface area contributed by atoms with Crippen LogP contribution in [0.3, 0.4) is 0 Å². The molecule has 1 amide bonds. The highest BCUT2D eigenvalue weighted by atomic mass is 19.1. The molecule has 0 bridgehead atoms. The number of aromatic nitrogens is 1. The van der Waals surface area contributed by atoms with E-state index in [1.807, 2.05) is 32.0 Å². The molecule has 0 fully saturated rings. The van der Waals surface area contributed by atoms with Gasteiger partial charge in [0.15, 0.2) is 6.20 Å². The number of benzene rings is 1. The Morgan fingerprint density at radius 1 is 1.12 bits per heavy atom. The molecule has 0 saturated heterocycles. The van der Waals surface area contributed by atoms with Crippen LogP contribution in [-0.2, 0) is 16.1 Å². The van der Waals surface area contributed by atoms with Gasteiger partial charge in [0.1, 0.15) is 5.56 Å². The van der Waals surface area contributed by atoms with Crippen molar-refractivity contribution < 1.29 is 23.3 Å². The van der Waals surface area contributed by atoms with Crippen LogP contribution in [0.4, 0.5) is 10.1 Å². The zero-order valence-electron chi connectivity index (χ0n) is 14.1. The first-order valence-electron chi connectivity index (χ1n) is 7.47. The maximum absolute atomic E-state index is 14.1. The standard InChI is InChI=1S/C18H19FN2O3/c1-11-6-5-7-12(2)17(11)20-15(22)10-21-8-13(3)16(14(19)9-21)18(23)24-4/h5-9H,10H2,1-4H3/p+1. The van der Waals surface area contributed by atoms with E-state index in [-0.39, 0.29) is 18.0 Å². The highest BCUT2D eigenvalue weighted by molar-refractivity contribution is 5.92. The lowest BCUT2D eigenvalue weighted by Crippen LogP contribution is -2.41. The molecule has 0 radical (unpaired) electrons. The van der Waals surface area contributed by atoms with Crippen molar-refractivity contribution in [1.82, 2.24) is 0 Å². The molecule has 6 heteroatoms. The molecule has 0 unspecified atom stereocenters. The van der Waals surface area contributed by atoms with E-state index in [4.69, 9.17) is 0 Å². The number of para-hydroxylation sites is 1. The first-order valence-corrected chi connectivity index (χ1v) is 7.47. The summed E-state index contributed by atoms with van der Waals surface area (Å²) in [5.41, 5.74) is 2.95. The number of anilines is 1. The van der Waals surface area contributed by atoms with Gasteiger partial charge in [0.25, 0.3) is 5.91 Å². The first kappa shape index (κ1) is 17.6. The van der Waals surface area contributed by atoms with Crippen molar-refractivity contribution in [3.05, 3.63) is 58.7 Å². The zero-order valence-corrected chi connectivity index (χ0v) is 14.1. The van der Waals surface area contributed by atoms with Crippen LogP contribution in [0.2, 0.25) is 0 Å². The molecule has 2 rings (SSSR count). The molecule has 0 aliphatic heterocycles. The Morgan fingerprint density at radius 2 is 1.75 bits per heavy atom. The van der Waals surface area contributed by atoms with Gasteiger partial charge in [0, 0.05) is 11.3 Å². The summed E-state index contributed by atoms with van der Waals surface area (Å²) in [5.74, 6) is -1.74. The molecule has 0 saturated carbocycles. The highest BCUT2D eigenvalue weighted by Gasteiger charge is 2.22. The quantitative estimate of drug-likeness (QED) is 0.692. The number of carbonyl (C=O) groups excluding carboxylic acids is 2. The Morgan fingerprint density at radius 3 is 2.29 bits per heavy atom. The lowest BCUT2D eigenvalue weighted by Gasteiger charge is -2.10. The predicted molar refractivity (Wildman–Crippen MR) is 87.2 cm³/mol. The Kier molecular flexibility index (Phi) is 5.28. The van der Waals surface area contributed by atoms with Gasteiger partial charge in [-0.25, -0.2) is 4.79 Å². The van der Waals surface area contributed by atoms with Crippen molar-refractivity contribution in [2.24, 2.45) is 0 Å². The van der Waals surface area contributed by atoms with Gasteiger partial charge >= 0.3 is 5.97 Å². The molecule has 1 heterocycles. The van der Waals surface area contributed by atoms with E-state index in [1.54, 1.807) is 13.1 Å². The fourth-order valence-corrected chi connectivity index (χ4v) is 2.56. The number of nitrogens with one attached hydrogen (secondary N) is 1. The SMILES string of the molecule is COC(=O)c1c(C)c[n+](CC(=O)Nc2c(C)cccc2C)cc1F. The fourth-order valence-electron chi connectivity index (χ4n) is 2.56. The van der Waals surface area contributed by atoms with Crippen LogP contribution in [0.1, 0.15) is 27.0 Å².